The summed E-state index contributed by atoms with van der Waals surface area (Å²) in [6.07, 6.45) is 2.78. The molecule has 0 saturated carbocycles. The summed E-state index contributed by atoms with van der Waals surface area (Å²) in [5.74, 6) is 1.06. The number of pyridine rings is 1. The van der Waals surface area contributed by atoms with Gasteiger partial charge in [-0.3, -0.25) is 0 Å². The van der Waals surface area contributed by atoms with E-state index in [-0.39, 0.29) is 6.04 Å². The molecule has 0 aliphatic rings. The zero-order valence-electron chi connectivity index (χ0n) is 10.1. The van der Waals surface area contributed by atoms with Crippen molar-refractivity contribution in [2.24, 2.45) is 5.73 Å². The second kappa shape index (κ2) is 4.22. The van der Waals surface area contributed by atoms with E-state index in [2.05, 4.69) is 34.4 Å². The van der Waals surface area contributed by atoms with E-state index in [1.165, 1.54) is 0 Å². The molecule has 2 N–H and O–H groups in total. The van der Waals surface area contributed by atoms with E-state index in [9.17, 15) is 0 Å². The first-order valence-corrected chi connectivity index (χ1v) is 5.70. The predicted molar refractivity (Wildman–Crippen MR) is 65.4 cm³/mol. The van der Waals surface area contributed by atoms with E-state index in [0.717, 1.165) is 29.0 Å². The average molecular weight is 218 g/mol. The molecule has 0 aliphatic carbocycles. The summed E-state index contributed by atoms with van der Waals surface area (Å²) < 4.78 is 2.15. The number of aryl methyl sites for hydroxylation is 2. The van der Waals surface area contributed by atoms with Crippen LogP contribution >= 0.6 is 0 Å². The summed E-state index contributed by atoms with van der Waals surface area (Å²) in [6, 6.07) is 2.32. The maximum atomic E-state index is 5.73. The van der Waals surface area contributed by atoms with E-state index in [1.807, 2.05) is 13.1 Å². The van der Waals surface area contributed by atoms with E-state index < -0.39 is 0 Å². The van der Waals surface area contributed by atoms with Crippen LogP contribution in [-0.2, 0) is 6.42 Å². The molecule has 0 radical (unpaired) electrons. The maximum absolute atomic E-state index is 5.73. The van der Waals surface area contributed by atoms with Crippen molar-refractivity contribution >= 4 is 11.2 Å². The minimum atomic E-state index is 0.246. The molecule has 1 unspecified atom stereocenters. The fourth-order valence-electron chi connectivity index (χ4n) is 1.95. The molecular weight excluding hydrogens is 200 g/mol. The van der Waals surface area contributed by atoms with Crippen molar-refractivity contribution in [1.82, 2.24) is 14.5 Å². The fourth-order valence-corrected chi connectivity index (χ4v) is 1.95. The molecular formula is C12H18N4. The smallest absolute Gasteiger partial charge is 0.160 e. The summed E-state index contributed by atoms with van der Waals surface area (Å²) in [5, 5.41) is 0. The van der Waals surface area contributed by atoms with Crippen molar-refractivity contribution in [3.05, 3.63) is 23.7 Å². The van der Waals surface area contributed by atoms with Crippen LogP contribution < -0.4 is 5.73 Å². The number of nitrogens with two attached hydrogens (primary N) is 1. The highest BCUT2D eigenvalue weighted by Gasteiger charge is 2.14. The Morgan fingerprint density at radius 1 is 1.50 bits per heavy atom. The molecule has 16 heavy (non-hydrogen) atoms. The number of hydrogen-bond donors (Lipinski definition) is 1. The lowest BCUT2D eigenvalue weighted by molar-refractivity contribution is 0.546. The van der Waals surface area contributed by atoms with Crippen LogP contribution in [-0.4, -0.2) is 21.1 Å². The van der Waals surface area contributed by atoms with Crippen LogP contribution in [0.25, 0.3) is 11.2 Å². The lowest BCUT2D eigenvalue weighted by Crippen LogP contribution is -2.18. The Kier molecular flexibility index (Phi) is 2.92. The van der Waals surface area contributed by atoms with Crippen molar-refractivity contribution in [3.8, 4) is 0 Å². The molecule has 2 aromatic rings. The summed E-state index contributed by atoms with van der Waals surface area (Å²) in [5.41, 5.74) is 8.78. The Hall–Kier alpha value is -1.42. The highest BCUT2D eigenvalue weighted by molar-refractivity contribution is 5.72. The molecule has 4 heteroatoms. The molecule has 0 fully saturated rings. The summed E-state index contributed by atoms with van der Waals surface area (Å²) >= 11 is 0. The van der Waals surface area contributed by atoms with Gasteiger partial charge in [0.05, 0.1) is 0 Å². The number of nitrogens with zero attached hydrogens (tertiary/aromatic N) is 3. The minimum Gasteiger partial charge on any atom is -0.328 e. The van der Waals surface area contributed by atoms with Gasteiger partial charge in [0.25, 0.3) is 0 Å². The first-order valence-electron chi connectivity index (χ1n) is 5.70. The molecule has 86 valence electrons. The molecule has 0 spiro atoms. The van der Waals surface area contributed by atoms with Crippen molar-refractivity contribution in [3.63, 3.8) is 0 Å². The molecule has 1 atom stereocenters. The van der Waals surface area contributed by atoms with Gasteiger partial charge in [-0.05, 0) is 25.5 Å². The highest BCUT2D eigenvalue weighted by atomic mass is 15.2. The van der Waals surface area contributed by atoms with Gasteiger partial charge in [-0.1, -0.05) is 6.92 Å². The minimum absolute atomic E-state index is 0.246. The van der Waals surface area contributed by atoms with E-state index in [4.69, 9.17) is 5.73 Å². The highest BCUT2D eigenvalue weighted by Crippen LogP contribution is 2.20. The molecule has 2 aromatic heterocycles. The van der Waals surface area contributed by atoms with Crippen LogP contribution in [0.2, 0.25) is 0 Å². The third-order valence-electron chi connectivity index (χ3n) is 2.84. The molecule has 0 amide bonds. The second-order valence-corrected chi connectivity index (χ2v) is 4.19. The molecule has 0 saturated heterocycles. The second-order valence-electron chi connectivity index (χ2n) is 4.19. The van der Waals surface area contributed by atoms with E-state index in [1.54, 1.807) is 0 Å². The largest absolute Gasteiger partial charge is 0.328 e. The topological polar surface area (TPSA) is 56.7 Å². The molecule has 0 bridgehead atoms. The van der Waals surface area contributed by atoms with Gasteiger partial charge in [0, 0.05) is 25.2 Å². The molecule has 0 aliphatic heterocycles. The summed E-state index contributed by atoms with van der Waals surface area (Å²) in [4.78, 5) is 9.07. The van der Waals surface area contributed by atoms with Crippen molar-refractivity contribution in [1.29, 1.82) is 0 Å². The van der Waals surface area contributed by atoms with Gasteiger partial charge < -0.3 is 10.3 Å². The predicted octanol–water partition coefficient (Wildman–Crippen LogP) is 1.82. The first kappa shape index (κ1) is 11.1. The third kappa shape index (κ3) is 1.69. The number of fused-ring (bicyclic) bond motifs is 1. The molecule has 4 nitrogen and oxygen atoms in total. The van der Waals surface area contributed by atoms with Gasteiger partial charge in [0.15, 0.2) is 5.65 Å². The maximum Gasteiger partial charge on any atom is 0.160 e. The Morgan fingerprint density at radius 2 is 2.25 bits per heavy atom. The summed E-state index contributed by atoms with van der Waals surface area (Å²) in [6.45, 7) is 6.84. The molecule has 0 aromatic carbocycles. The van der Waals surface area contributed by atoms with Crippen LogP contribution in [0.4, 0.5) is 0 Å². The standard InChI is InChI=1S/C12H18N4/c1-4-11-15-10-5-8(2)7-14-12(10)16(11)9(3)6-13/h5,7,9H,4,6,13H2,1-3H3. The van der Waals surface area contributed by atoms with E-state index >= 15 is 0 Å². The number of rotatable bonds is 3. The van der Waals surface area contributed by atoms with Gasteiger partial charge in [-0.2, -0.15) is 0 Å². The van der Waals surface area contributed by atoms with Crippen LogP contribution in [0, 0.1) is 6.92 Å². The quantitative estimate of drug-likeness (QED) is 0.855. The first-order chi connectivity index (χ1) is 7.67. The van der Waals surface area contributed by atoms with Crippen LogP contribution in [0.1, 0.15) is 31.3 Å². The third-order valence-corrected chi connectivity index (χ3v) is 2.84. The van der Waals surface area contributed by atoms with Crippen molar-refractivity contribution in [2.75, 3.05) is 6.54 Å². The average Bonchev–Trinajstić information content (AvgIpc) is 2.65. The van der Waals surface area contributed by atoms with Crippen LogP contribution in [0.15, 0.2) is 12.3 Å². The number of hydrogen-bond acceptors (Lipinski definition) is 3. The Bertz CT molecular complexity index is 501. The zero-order chi connectivity index (χ0) is 11.7. The van der Waals surface area contributed by atoms with Crippen LogP contribution in [0.3, 0.4) is 0 Å². The van der Waals surface area contributed by atoms with Crippen molar-refractivity contribution < 1.29 is 0 Å². The Labute approximate surface area is 95.5 Å². The van der Waals surface area contributed by atoms with Crippen molar-refractivity contribution in [2.45, 2.75) is 33.2 Å². The molecule has 2 heterocycles. The van der Waals surface area contributed by atoms with Gasteiger partial charge >= 0.3 is 0 Å². The summed E-state index contributed by atoms with van der Waals surface area (Å²) in [7, 11) is 0. The SMILES string of the molecule is CCc1nc2cc(C)cnc2n1C(C)CN. The van der Waals surface area contributed by atoms with Gasteiger partial charge in [0.2, 0.25) is 0 Å². The number of imidazole rings is 1. The number of aromatic nitrogens is 3. The van der Waals surface area contributed by atoms with Gasteiger partial charge in [-0.25, -0.2) is 9.97 Å². The van der Waals surface area contributed by atoms with Gasteiger partial charge in [0.1, 0.15) is 11.3 Å². The van der Waals surface area contributed by atoms with Gasteiger partial charge in [-0.15, -0.1) is 0 Å². The Balaban J connectivity index is 2.68. The van der Waals surface area contributed by atoms with E-state index in [0.29, 0.717) is 6.54 Å². The zero-order valence-corrected chi connectivity index (χ0v) is 10.1. The lowest BCUT2D eigenvalue weighted by Gasteiger charge is -2.14. The van der Waals surface area contributed by atoms with Crippen LogP contribution in [0.5, 0.6) is 0 Å². The fraction of sp³-hybridized carbons (Fsp3) is 0.500. The monoisotopic (exact) mass is 218 g/mol. The normalized spacial score (nSPS) is 13.2. The Morgan fingerprint density at radius 3 is 2.88 bits per heavy atom. The molecule has 2 rings (SSSR count). The lowest BCUT2D eigenvalue weighted by atomic mass is 10.3.